The fourth-order valence-corrected chi connectivity index (χ4v) is 2.81. The lowest BCUT2D eigenvalue weighted by Crippen LogP contribution is -2.42. The summed E-state index contributed by atoms with van der Waals surface area (Å²) in [6.45, 7) is 3.01. The van der Waals surface area contributed by atoms with Gasteiger partial charge < -0.3 is 11.1 Å². The molecule has 0 unspecified atom stereocenters. The highest BCUT2D eigenvalue weighted by Gasteiger charge is 2.35. The Morgan fingerprint density at radius 2 is 2.41 bits per heavy atom. The standard InChI is InChI=1S/C12H19N3OS/c1-2-12(4-3-5-12)8-14-10(16)6-9-7-17-11(13)15-9/h7H,2-6,8H2,1H3,(H2,13,15)(H,14,16). The van der Waals surface area contributed by atoms with E-state index in [1.807, 2.05) is 5.38 Å². The summed E-state index contributed by atoms with van der Waals surface area (Å²) in [5, 5.41) is 5.38. The van der Waals surface area contributed by atoms with Crippen molar-refractivity contribution in [2.24, 2.45) is 5.41 Å². The number of thiazole rings is 1. The van der Waals surface area contributed by atoms with Crippen LogP contribution in [0.5, 0.6) is 0 Å². The topological polar surface area (TPSA) is 68.0 Å². The van der Waals surface area contributed by atoms with Gasteiger partial charge in [-0.2, -0.15) is 0 Å². The van der Waals surface area contributed by atoms with Crippen molar-refractivity contribution >= 4 is 22.4 Å². The average Bonchev–Trinajstić information content (AvgIpc) is 2.63. The van der Waals surface area contributed by atoms with Gasteiger partial charge >= 0.3 is 0 Å². The molecule has 1 aliphatic carbocycles. The highest BCUT2D eigenvalue weighted by Crippen LogP contribution is 2.42. The highest BCUT2D eigenvalue weighted by atomic mass is 32.1. The number of nitrogens with one attached hydrogen (secondary N) is 1. The molecular formula is C12H19N3OS. The van der Waals surface area contributed by atoms with E-state index in [9.17, 15) is 4.79 Å². The average molecular weight is 253 g/mol. The van der Waals surface area contributed by atoms with Crippen molar-refractivity contribution in [3.05, 3.63) is 11.1 Å². The normalized spacial score (nSPS) is 17.5. The number of rotatable bonds is 5. The minimum absolute atomic E-state index is 0.0509. The van der Waals surface area contributed by atoms with Crippen LogP contribution in [0, 0.1) is 5.41 Å². The number of carbonyl (C=O) groups excluding carboxylic acids is 1. The van der Waals surface area contributed by atoms with Gasteiger partial charge in [0.2, 0.25) is 5.91 Å². The molecule has 1 aliphatic rings. The fourth-order valence-electron chi connectivity index (χ4n) is 2.25. The van der Waals surface area contributed by atoms with Crippen LogP contribution in [0.1, 0.15) is 38.3 Å². The van der Waals surface area contributed by atoms with Crippen LogP contribution < -0.4 is 11.1 Å². The Labute approximate surface area is 106 Å². The Hall–Kier alpha value is -1.10. The molecule has 1 heterocycles. The van der Waals surface area contributed by atoms with E-state index in [0.29, 0.717) is 17.0 Å². The van der Waals surface area contributed by atoms with Gasteiger partial charge in [0.25, 0.3) is 0 Å². The van der Waals surface area contributed by atoms with Crippen LogP contribution in [0.4, 0.5) is 5.13 Å². The molecule has 1 aromatic heterocycles. The molecule has 1 fully saturated rings. The van der Waals surface area contributed by atoms with E-state index in [4.69, 9.17) is 5.73 Å². The number of nitrogens with two attached hydrogens (primary N) is 1. The minimum atomic E-state index is 0.0509. The van der Waals surface area contributed by atoms with Crippen molar-refractivity contribution < 1.29 is 4.79 Å². The summed E-state index contributed by atoms with van der Waals surface area (Å²) < 4.78 is 0. The lowest BCUT2D eigenvalue weighted by molar-refractivity contribution is -0.121. The third-order valence-electron chi connectivity index (χ3n) is 3.74. The Morgan fingerprint density at radius 1 is 1.65 bits per heavy atom. The molecule has 2 rings (SSSR count). The molecule has 94 valence electrons. The van der Waals surface area contributed by atoms with Crippen molar-refractivity contribution in [2.75, 3.05) is 12.3 Å². The second kappa shape index (κ2) is 5.04. The van der Waals surface area contributed by atoms with Gasteiger partial charge in [0.1, 0.15) is 0 Å². The summed E-state index contributed by atoms with van der Waals surface area (Å²) in [6.07, 6.45) is 5.28. The molecule has 0 spiro atoms. The van der Waals surface area contributed by atoms with Gasteiger partial charge in [-0.25, -0.2) is 4.98 Å². The fraction of sp³-hybridized carbons (Fsp3) is 0.667. The van der Waals surface area contributed by atoms with Crippen LogP contribution in [0.3, 0.4) is 0 Å². The number of carbonyl (C=O) groups is 1. The van der Waals surface area contributed by atoms with Gasteiger partial charge in [0.15, 0.2) is 5.13 Å². The molecule has 0 aliphatic heterocycles. The minimum Gasteiger partial charge on any atom is -0.375 e. The number of nitrogen functional groups attached to an aromatic ring is 1. The first kappa shape index (κ1) is 12.4. The van der Waals surface area contributed by atoms with E-state index >= 15 is 0 Å². The van der Waals surface area contributed by atoms with Gasteiger partial charge in [-0.15, -0.1) is 11.3 Å². The van der Waals surface area contributed by atoms with Crippen molar-refractivity contribution in [1.82, 2.24) is 10.3 Å². The summed E-state index contributed by atoms with van der Waals surface area (Å²) in [4.78, 5) is 15.8. The van der Waals surface area contributed by atoms with Crippen LogP contribution in [0.25, 0.3) is 0 Å². The van der Waals surface area contributed by atoms with Gasteiger partial charge in [-0.05, 0) is 24.7 Å². The lowest BCUT2D eigenvalue weighted by atomic mass is 9.67. The molecule has 3 N–H and O–H groups in total. The zero-order valence-corrected chi connectivity index (χ0v) is 11.0. The third-order valence-corrected chi connectivity index (χ3v) is 4.46. The quantitative estimate of drug-likeness (QED) is 0.843. The molecule has 1 saturated carbocycles. The SMILES string of the molecule is CCC1(CNC(=O)Cc2csc(N)n2)CCC1. The maximum absolute atomic E-state index is 11.7. The number of nitrogens with zero attached hydrogens (tertiary/aromatic N) is 1. The van der Waals surface area contributed by atoms with Gasteiger partial charge in [0, 0.05) is 11.9 Å². The predicted molar refractivity (Wildman–Crippen MR) is 69.8 cm³/mol. The number of anilines is 1. The first-order valence-corrected chi connectivity index (χ1v) is 6.98. The lowest BCUT2D eigenvalue weighted by Gasteiger charge is -2.41. The molecule has 5 heteroatoms. The number of hydrogen-bond donors (Lipinski definition) is 2. The van der Waals surface area contributed by atoms with Crippen LogP contribution in [-0.2, 0) is 11.2 Å². The van der Waals surface area contributed by atoms with Crippen molar-refractivity contribution in [3.8, 4) is 0 Å². The Morgan fingerprint density at radius 3 is 2.88 bits per heavy atom. The molecule has 0 radical (unpaired) electrons. The van der Waals surface area contributed by atoms with Crippen LogP contribution in [0.15, 0.2) is 5.38 Å². The maximum Gasteiger partial charge on any atom is 0.226 e. The number of amides is 1. The number of aromatic nitrogens is 1. The predicted octanol–water partition coefficient (Wildman–Crippen LogP) is 1.96. The third kappa shape index (κ3) is 2.97. The van der Waals surface area contributed by atoms with Crippen LogP contribution in [0.2, 0.25) is 0 Å². The molecule has 0 aromatic carbocycles. The van der Waals surface area contributed by atoms with Crippen molar-refractivity contribution in [2.45, 2.75) is 39.0 Å². The molecule has 0 bridgehead atoms. The molecule has 1 amide bonds. The van der Waals surface area contributed by atoms with Crippen LogP contribution >= 0.6 is 11.3 Å². The molecule has 4 nitrogen and oxygen atoms in total. The van der Waals surface area contributed by atoms with E-state index in [1.165, 1.54) is 30.6 Å². The van der Waals surface area contributed by atoms with E-state index in [-0.39, 0.29) is 5.91 Å². The summed E-state index contributed by atoms with van der Waals surface area (Å²) in [5.74, 6) is 0.0509. The van der Waals surface area contributed by atoms with Gasteiger partial charge in [-0.3, -0.25) is 4.79 Å². The van der Waals surface area contributed by atoms with Gasteiger partial charge in [-0.1, -0.05) is 13.3 Å². The monoisotopic (exact) mass is 253 g/mol. The first-order chi connectivity index (χ1) is 8.13. The van der Waals surface area contributed by atoms with E-state index in [0.717, 1.165) is 18.7 Å². The van der Waals surface area contributed by atoms with E-state index < -0.39 is 0 Å². The smallest absolute Gasteiger partial charge is 0.226 e. The van der Waals surface area contributed by atoms with E-state index in [1.54, 1.807) is 0 Å². The maximum atomic E-state index is 11.7. The second-order valence-electron chi connectivity index (χ2n) is 4.84. The van der Waals surface area contributed by atoms with Crippen molar-refractivity contribution in [1.29, 1.82) is 0 Å². The first-order valence-electron chi connectivity index (χ1n) is 6.10. The molecular weight excluding hydrogens is 234 g/mol. The largest absolute Gasteiger partial charge is 0.375 e. The highest BCUT2D eigenvalue weighted by molar-refractivity contribution is 7.13. The Bertz CT molecular complexity index is 393. The Kier molecular flexibility index (Phi) is 3.66. The summed E-state index contributed by atoms with van der Waals surface area (Å²) in [5.41, 5.74) is 6.66. The summed E-state index contributed by atoms with van der Waals surface area (Å²) in [6, 6.07) is 0. The molecule has 0 atom stereocenters. The number of hydrogen-bond acceptors (Lipinski definition) is 4. The molecule has 0 saturated heterocycles. The molecule has 17 heavy (non-hydrogen) atoms. The van der Waals surface area contributed by atoms with E-state index in [2.05, 4.69) is 17.2 Å². The van der Waals surface area contributed by atoms with Crippen molar-refractivity contribution in [3.63, 3.8) is 0 Å². The second-order valence-corrected chi connectivity index (χ2v) is 5.73. The zero-order chi connectivity index (χ0) is 12.3. The Balaban J connectivity index is 1.78. The summed E-state index contributed by atoms with van der Waals surface area (Å²) >= 11 is 1.38. The summed E-state index contributed by atoms with van der Waals surface area (Å²) in [7, 11) is 0. The zero-order valence-electron chi connectivity index (χ0n) is 10.2. The molecule has 1 aromatic rings. The van der Waals surface area contributed by atoms with Gasteiger partial charge in [0.05, 0.1) is 12.1 Å². The van der Waals surface area contributed by atoms with Crippen LogP contribution in [-0.4, -0.2) is 17.4 Å².